The standard InChI is InChI=1S/C20H32O2.C19H36O2.C18H34O2.C17H26O2/c1-10-20(8,9)17(21)22-16-12-14(18(2,3)4)11-15(13-16)19(5,6)7;1-9-18(5,6)16(20)21-15-12-10-14(11-13-15)19(7,8)17(2,3)4;1-8-18(6,7)17(19)20-16-14(12(2)3)10-9-11-15(16)13(4)5;1-7-17(5,6)15(18)19-12-13-8-10-14(11-9-13)16(2,3)4/h11-13H,10H2,1-9H3;14-15H,9-13H2,1-8H3;12-16H,8-11H2,1-7H3;8-11H,7,12H2,1-6H3. The Kier molecular flexibility index (Phi) is 28.5. The number of carbonyl (C=O) groups is 4. The van der Waals surface area contributed by atoms with Crippen LogP contribution in [-0.2, 0) is 56.2 Å². The minimum atomic E-state index is -0.459. The minimum Gasteiger partial charge on any atom is -0.462 e. The van der Waals surface area contributed by atoms with Gasteiger partial charge < -0.3 is 18.9 Å². The van der Waals surface area contributed by atoms with Gasteiger partial charge in [-0.05, 0) is 211 Å². The summed E-state index contributed by atoms with van der Waals surface area (Å²) >= 11 is 0. The first-order valence-electron chi connectivity index (χ1n) is 32.1. The van der Waals surface area contributed by atoms with Crippen molar-refractivity contribution >= 4 is 23.9 Å². The van der Waals surface area contributed by atoms with E-state index in [1.165, 1.54) is 48.8 Å². The van der Waals surface area contributed by atoms with E-state index < -0.39 is 10.8 Å². The quantitative estimate of drug-likeness (QED) is 0.0930. The predicted molar refractivity (Wildman–Crippen MR) is 346 cm³/mol. The first-order valence-corrected chi connectivity index (χ1v) is 32.1. The Hall–Kier alpha value is -3.68. The largest absolute Gasteiger partial charge is 0.462 e. The third-order valence-corrected chi connectivity index (χ3v) is 19.6. The molecule has 0 spiro atoms. The van der Waals surface area contributed by atoms with E-state index in [0.29, 0.717) is 46.9 Å². The average molecular weight is 1150 g/mol. The monoisotopic (exact) mass is 1140 g/mol. The topological polar surface area (TPSA) is 105 Å². The third-order valence-electron chi connectivity index (χ3n) is 19.6. The lowest BCUT2D eigenvalue weighted by Gasteiger charge is -2.47. The molecular weight excluding hydrogens is 1020 g/mol. The molecule has 0 heterocycles. The Labute approximate surface area is 505 Å². The molecule has 0 aromatic heterocycles. The summed E-state index contributed by atoms with van der Waals surface area (Å²) in [5, 5.41) is 0. The number of hydrogen-bond donors (Lipinski definition) is 0. The van der Waals surface area contributed by atoms with E-state index in [2.05, 4.69) is 150 Å². The fraction of sp³-hybridized carbons (Fsp3) is 0.784. The van der Waals surface area contributed by atoms with E-state index >= 15 is 0 Å². The van der Waals surface area contributed by atoms with Crippen molar-refractivity contribution in [2.24, 2.45) is 62.1 Å². The molecule has 0 amide bonds. The molecule has 2 unspecified atom stereocenters. The Balaban J connectivity index is 0.000000547. The van der Waals surface area contributed by atoms with Crippen LogP contribution in [0.4, 0.5) is 0 Å². The molecule has 0 N–H and O–H groups in total. The van der Waals surface area contributed by atoms with Crippen molar-refractivity contribution in [3.05, 3.63) is 64.7 Å². The molecule has 2 aromatic rings. The van der Waals surface area contributed by atoms with E-state index in [4.69, 9.17) is 18.9 Å². The van der Waals surface area contributed by atoms with Crippen molar-refractivity contribution in [2.75, 3.05) is 0 Å². The lowest BCUT2D eigenvalue weighted by atomic mass is 9.58. The highest BCUT2D eigenvalue weighted by atomic mass is 16.6. The van der Waals surface area contributed by atoms with Crippen LogP contribution in [-0.4, -0.2) is 36.1 Å². The molecule has 4 rings (SSSR count). The summed E-state index contributed by atoms with van der Waals surface area (Å²) in [7, 11) is 0. The molecule has 0 saturated heterocycles. The van der Waals surface area contributed by atoms with Crippen molar-refractivity contribution < 1.29 is 38.1 Å². The Bertz CT molecular complexity index is 2220. The second-order valence-corrected chi connectivity index (χ2v) is 32.6. The summed E-state index contributed by atoms with van der Waals surface area (Å²) in [6.07, 6.45) is 11.5. The molecule has 8 heteroatoms. The van der Waals surface area contributed by atoms with Crippen LogP contribution < -0.4 is 4.74 Å². The smallest absolute Gasteiger partial charge is 0.316 e. The molecular formula is C74H128O8. The number of esters is 4. The summed E-state index contributed by atoms with van der Waals surface area (Å²) in [5.41, 5.74) is 3.96. The van der Waals surface area contributed by atoms with E-state index in [1.54, 1.807) is 0 Å². The molecule has 2 fully saturated rings. The molecule has 2 atom stereocenters. The van der Waals surface area contributed by atoms with Crippen LogP contribution in [0.2, 0.25) is 0 Å². The second kappa shape index (κ2) is 30.6. The molecule has 472 valence electrons. The van der Waals surface area contributed by atoms with E-state index in [0.717, 1.165) is 50.0 Å². The van der Waals surface area contributed by atoms with Gasteiger partial charge in [-0.25, -0.2) is 0 Å². The summed E-state index contributed by atoms with van der Waals surface area (Å²) in [5.74, 6) is 3.26. The Morgan fingerprint density at radius 2 is 0.817 bits per heavy atom. The van der Waals surface area contributed by atoms with Gasteiger partial charge in [0.25, 0.3) is 0 Å². The minimum absolute atomic E-state index is 0.0109. The van der Waals surface area contributed by atoms with Gasteiger partial charge in [-0.2, -0.15) is 0 Å². The van der Waals surface area contributed by atoms with Crippen molar-refractivity contribution in [3.63, 3.8) is 0 Å². The van der Waals surface area contributed by atoms with Crippen LogP contribution in [0.5, 0.6) is 5.75 Å². The molecule has 2 aromatic carbocycles. The van der Waals surface area contributed by atoms with Gasteiger partial charge in [0.1, 0.15) is 24.6 Å². The lowest BCUT2D eigenvalue weighted by molar-refractivity contribution is -0.172. The molecule has 0 radical (unpaired) electrons. The number of rotatable bonds is 16. The van der Waals surface area contributed by atoms with Crippen molar-refractivity contribution in [1.82, 2.24) is 0 Å². The zero-order valence-electron chi connectivity index (χ0n) is 58.8. The highest BCUT2D eigenvalue weighted by molar-refractivity contribution is 5.78. The summed E-state index contributed by atoms with van der Waals surface area (Å²) < 4.78 is 22.9. The first-order chi connectivity index (χ1) is 37.1. The zero-order valence-corrected chi connectivity index (χ0v) is 58.8. The van der Waals surface area contributed by atoms with Gasteiger partial charge in [-0.3, -0.25) is 19.2 Å². The van der Waals surface area contributed by atoms with Crippen LogP contribution in [0.3, 0.4) is 0 Å². The fourth-order valence-electron chi connectivity index (χ4n) is 9.74. The predicted octanol–water partition coefficient (Wildman–Crippen LogP) is 20.7. The maximum atomic E-state index is 12.5. The molecule has 0 aliphatic heterocycles. The molecule has 2 aliphatic carbocycles. The number of carbonyl (C=O) groups excluding carboxylic acids is 4. The first kappa shape index (κ1) is 76.3. The SMILES string of the molecule is CCC(C)(C)C(=O)OC1C(C(C)C)CCCC1C(C)C.CCC(C)(C)C(=O)OC1CCC(C(C)(C)C(C)(C)C)CC1.CCC(C)(C)C(=O)OCc1ccc(C(C)(C)C)cc1.CCC(C)(C)C(=O)Oc1cc(C(C)(C)C)cc(C(C)(C)C)c1. The summed E-state index contributed by atoms with van der Waals surface area (Å²) in [4.78, 5) is 48.9. The number of benzene rings is 2. The van der Waals surface area contributed by atoms with Crippen LogP contribution in [0.25, 0.3) is 0 Å². The van der Waals surface area contributed by atoms with Crippen molar-refractivity contribution in [1.29, 1.82) is 0 Å². The van der Waals surface area contributed by atoms with Crippen LogP contribution in [0, 0.1) is 62.1 Å². The van der Waals surface area contributed by atoms with Gasteiger partial charge in [0.05, 0.1) is 21.7 Å². The van der Waals surface area contributed by atoms with Crippen LogP contribution in [0.15, 0.2) is 42.5 Å². The third kappa shape index (κ3) is 23.3. The van der Waals surface area contributed by atoms with Crippen molar-refractivity contribution in [3.8, 4) is 5.75 Å². The average Bonchev–Trinajstić information content (AvgIpc) is 3.37. The van der Waals surface area contributed by atoms with Gasteiger partial charge in [-0.1, -0.05) is 189 Å². The number of hydrogen-bond acceptors (Lipinski definition) is 8. The second-order valence-electron chi connectivity index (χ2n) is 32.6. The van der Waals surface area contributed by atoms with E-state index in [9.17, 15) is 19.2 Å². The molecule has 8 nitrogen and oxygen atoms in total. The molecule has 82 heavy (non-hydrogen) atoms. The fourth-order valence-corrected chi connectivity index (χ4v) is 9.74. The van der Waals surface area contributed by atoms with Crippen LogP contribution >= 0.6 is 0 Å². The highest BCUT2D eigenvalue weighted by Crippen LogP contribution is 2.50. The molecule has 0 bridgehead atoms. The van der Waals surface area contributed by atoms with Gasteiger partial charge >= 0.3 is 23.9 Å². The maximum Gasteiger partial charge on any atom is 0.316 e. The summed E-state index contributed by atoms with van der Waals surface area (Å²) in [6, 6.07) is 14.5. The van der Waals surface area contributed by atoms with Gasteiger partial charge in [0, 0.05) is 0 Å². The van der Waals surface area contributed by atoms with E-state index in [1.807, 2.05) is 100 Å². The number of ether oxygens (including phenoxy) is 4. The summed E-state index contributed by atoms with van der Waals surface area (Å²) in [6.45, 7) is 64.5. The molecule has 2 aliphatic rings. The van der Waals surface area contributed by atoms with E-state index in [-0.39, 0.29) is 63.2 Å². The van der Waals surface area contributed by atoms with Crippen molar-refractivity contribution in [2.45, 2.75) is 313 Å². The Morgan fingerprint density at radius 3 is 1.17 bits per heavy atom. The van der Waals surface area contributed by atoms with Gasteiger partial charge in [0.15, 0.2) is 0 Å². The normalized spacial score (nSPS) is 19.5. The van der Waals surface area contributed by atoms with Gasteiger partial charge in [0.2, 0.25) is 0 Å². The maximum absolute atomic E-state index is 12.5. The highest BCUT2D eigenvalue weighted by Gasteiger charge is 2.43. The zero-order chi connectivity index (χ0) is 64.0. The molecule has 2 saturated carbocycles. The van der Waals surface area contributed by atoms with Gasteiger partial charge in [-0.15, -0.1) is 0 Å². The Morgan fingerprint density at radius 1 is 0.451 bits per heavy atom. The van der Waals surface area contributed by atoms with Crippen LogP contribution in [0.1, 0.15) is 301 Å². The lowest BCUT2D eigenvalue weighted by Crippen LogP contribution is -2.44.